The number of likely N-dealkylation sites (tertiary alicyclic amines) is 1. The third kappa shape index (κ3) is 3.40. The Bertz CT molecular complexity index is 638. The van der Waals surface area contributed by atoms with E-state index in [1.807, 2.05) is 18.2 Å². The Morgan fingerprint density at radius 1 is 1.32 bits per heavy atom. The van der Waals surface area contributed by atoms with Crippen LogP contribution in [0.2, 0.25) is 0 Å². The predicted molar refractivity (Wildman–Crippen MR) is 90.0 cm³/mol. The van der Waals surface area contributed by atoms with Crippen LogP contribution in [0.3, 0.4) is 0 Å². The Morgan fingerprint density at radius 3 is 2.68 bits per heavy atom. The quantitative estimate of drug-likeness (QED) is 0.785. The summed E-state index contributed by atoms with van der Waals surface area (Å²) in [6, 6.07) is 10.2. The van der Waals surface area contributed by atoms with Gasteiger partial charge in [0.2, 0.25) is 5.60 Å². The molecule has 1 N–H and O–H groups in total. The number of rotatable bonds is 5. The van der Waals surface area contributed by atoms with Crippen molar-refractivity contribution in [1.82, 2.24) is 9.80 Å². The van der Waals surface area contributed by atoms with Crippen LogP contribution in [-0.2, 0) is 25.6 Å². The lowest BCUT2D eigenvalue weighted by Gasteiger charge is -2.36. The molecule has 0 spiro atoms. The molecule has 2 heterocycles. The topological polar surface area (TPSA) is 79.3 Å². The summed E-state index contributed by atoms with van der Waals surface area (Å²) in [5.74, 6) is -1.81. The smallest absolute Gasteiger partial charge is 0.345 e. The van der Waals surface area contributed by atoms with Gasteiger partial charge in [-0.05, 0) is 12.5 Å². The second-order valence-corrected chi connectivity index (χ2v) is 6.69. The van der Waals surface area contributed by atoms with Crippen molar-refractivity contribution in [3.8, 4) is 0 Å². The largest absolute Gasteiger partial charge is 0.479 e. The van der Waals surface area contributed by atoms with Crippen LogP contribution in [0.4, 0.5) is 0 Å². The fourth-order valence-corrected chi connectivity index (χ4v) is 3.51. The highest BCUT2D eigenvalue weighted by molar-refractivity contribution is 6.05. The molecule has 1 aromatic carbocycles. The van der Waals surface area contributed by atoms with Crippen molar-refractivity contribution in [3.63, 3.8) is 0 Å². The van der Waals surface area contributed by atoms with Gasteiger partial charge in [0.05, 0.1) is 18.8 Å². The maximum Gasteiger partial charge on any atom is 0.345 e. The number of carbonyl (C=O) groups excluding carboxylic acids is 1. The number of carboxylic acids is 1. The van der Waals surface area contributed by atoms with E-state index in [9.17, 15) is 14.7 Å². The van der Waals surface area contributed by atoms with E-state index in [4.69, 9.17) is 9.47 Å². The van der Waals surface area contributed by atoms with Crippen molar-refractivity contribution in [1.29, 1.82) is 0 Å². The van der Waals surface area contributed by atoms with Gasteiger partial charge in [-0.15, -0.1) is 0 Å². The maximum atomic E-state index is 12.7. The standard InChI is InChI=1S/C18H24N2O5/c1-18(24-2,17(22)23)16(21)20-11-14-15(12-20)25-9-8-19(14)10-13-6-4-3-5-7-13/h3-7,14-15H,8-12H2,1-2H3,(H,22,23)/t14-,15+,18?/m1/s1. The molecular formula is C18H24N2O5. The van der Waals surface area contributed by atoms with Crippen molar-refractivity contribution in [3.05, 3.63) is 35.9 Å². The molecule has 2 aliphatic rings. The van der Waals surface area contributed by atoms with Crippen molar-refractivity contribution in [2.75, 3.05) is 33.4 Å². The highest BCUT2D eigenvalue weighted by Crippen LogP contribution is 2.27. The zero-order valence-corrected chi connectivity index (χ0v) is 14.6. The Hall–Kier alpha value is -1.96. The molecule has 2 aliphatic heterocycles. The molecule has 0 saturated carbocycles. The van der Waals surface area contributed by atoms with Gasteiger partial charge in [-0.25, -0.2) is 4.79 Å². The average molecular weight is 348 g/mol. The van der Waals surface area contributed by atoms with E-state index in [0.717, 1.165) is 13.1 Å². The second kappa shape index (κ2) is 7.11. The van der Waals surface area contributed by atoms with Gasteiger partial charge in [-0.2, -0.15) is 0 Å². The van der Waals surface area contributed by atoms with E-state index in [1.54, 1.807) is 4.90 Å². The molecule has 7 nitrogen and oxygen atoms in total. The lowest BCUT2D eigenvalue weighted by atomic mass is 10.1. The first-order valence-corrected chi connectivity index (χ1v) is 8.43. The van der Waals surface area contributed by atoms with Crippen molar-refractivity contribution >= 4 is 11.9 Å². The fraction of sp³-hybridized carbons (Fsp3) is 0.556. The third-order valence-electron chi connectivity index (χ3n) is 5.16. The molecular weight excluding hydrogens is 324 g/mol. The predicted octanol–water partition coefficient (Wildman–Crippen LogP) is 0.588. The zero-order valence-electron chi connectivity index (χ0n) is 14.6. The van der Waals surface area contributed by atoms with E-state index in [2.05, 4.69) is 17.0 Å². The van der Waals surface area contributed by atoms with Crippen LogP contribution in [0.25, 0.3) is 0 Å². The molecule has 1 amide bonds. The SMILES string of the molecule is COC(C)(C(=O)O)C(=O)N1C[C@@H]2OCCN(Cc3ccccc3)[C@@H]2C1. The van der Waals surface area contributed by atoms with E-state index in [0.29, 0.717) is 19.7 Å². The maximum absolute atomic E-state index is 12.7. The van der Waals surface area contributed by atoms with E-state index >= 15 is 0 Å². The molecule has 0 aliphatic carbocycles. The molecule has 0 aromatic heterocycles. The highest BCUT2D eigenvalue weighted by Gasteiger charge is 2.49. The molecule has 2 saturated heterocycles. The van der Waals surface area contributed by atoms with Crippen molar-refractivity contribution < 1.29 is 24.2 Å². The van der Waals surface area contributed by atoms with Crippen LogP contribution in [0.1, 0.15) is 12.5 Å². The number of methoxy groups -OCH3 is 1. The number of carbonyl (C=O) groups is 2. The average Bonchev–Trinajstić information content (AvgIpc) is 3.06. The number of aliphatic carboxylic acids is 1. The number of amides is 1. The van der Waals surface area contributed by atoms with Crippen molar-refractivity contribution in [2.24, 2.45) is 0 Å². The van der Waals surface area contributed by atoms with E-state index in [-0.39, 0.29) is 12.1 Å². The van der Waals surface area contributed by atoms with Crippen LogP contribution >= 0.6 is 0 Å². The Morgan fingerprint density at radius 2 is 2.04 bits per heavy atom. The molecule has 0 radical (unpaired) electrons. The summed E-state index contributed by atoms with van der Waals surface area (Å²) in [6.45, 7) is 4.31. The molecule has 136 valence electrons. The first kappa shape index (κ1) is 17.8. The minimum atomic E-state index is -1.86. The lowest BCUT2D eigenvalue weighted by Crippen LogP contribution is -2.53. The van der Waals surface area contributed by atoms with Gasteiger partial charge in [-0.1, -0.05) is 30.3 Å². The van der Waals surface area contributed by atoms with Gasteiger partial charge >= 0.3 is 5.97 Å². The van der Waals surface area contributed by atoms with Crippen LogP contribution in [0, 0.1) is 0 Å². The van der Waals surface area contributed by atoms with Crippen LogP contribution < -0.4 is 0 Å². The first-order chi connectivity index (χ1) is 12.0. The minimum Gasteiger partial charge on any atom is -0.479 e. The van der Waals surface area contributed by atoms with E-state index in [1.165, 1.54) is 19.6 Å². The van der Waals surface area contributed by atoms with E-state index < -0.39 is 17.5 Å². The van der Waals surface area contributed by atoms with Crippen LogP contribution in [0.5, 0.6) is 0 Å². The highest BCUT2D eigenvalue weighted by atomic mass is 16.5. The van der Waals surface area contributed by atoms with Gasteiger partial charge in [0, 0.05) is 33.3 Å². The second-order valence-electron chi connectivity index (χ2n) is 6.69. The monoisotopic (exact) mass is 348 g/mol. The summed E-state index contributed by atoms with van der Waals surface area (Å²) in [7, 11) is 1.24. The summed E-state index contributed by atoms with van der Waals surface area (Å²) in [5, 5.41) is 9.35. The number of nitrogens with zero attached hydrogens (tertiary/aromatic N) is 2. The van der Waals surface area contributed by atoms with Gasteiger partial charge in [0.25, 0.3) is 5.91 Å². The number of hydrogen-bond acceptors (Lipinski definition) is 5. The summed E-state index contributed by atoms with van der Waals surface area (Å²) in [4.78, 5) is 28.0. The minimum absolute atomic E-state index is 0.0628. The number of carboxylic acid groups (broad SMARTS) is 1. The Kier molecular flexibility index (Phi) is 5.08. The summed E-state index contributed by atoms with van der Waals surface area (Å²) >= 11 is 0. The normalized spacial score (nSPS) is 26.1. The number of hydrogen-bond donors (Lipinski definition) is 1. The summed E-state index contributed by atoms with van der Waals surface area (Å²) < 4.78 is 10.8. The number of ether oxygens (including phenoxy) is 2. The third-order valence-corrected chi connectivity index (χ3v) is 5.16. The first-order valence-electron chi connectivity index (χ1n) is 8.43. The zero-order chi connectivity index (χ0) is 18.0. The number of morpholine rings is 1. The molecule has 1 unspecified atom stereocenters. The molecule has 0 bridgehead atoms. The fourth-order valence-electron chi connectivity index (χ4n) is 3.51. The summed E-state index contributed by atoms with van der Waals surface area (Å²) in [6.07, 6.45) is -0.101. The van der Waals surface area contributed by atoms with Gasteiger partial charge in [0.15, 0.2) is 0 Å². The number of fused-ring (bicyclic) bond motifs is 1. The van der Waals surface area contributed by atoms with Crippen LogP contribution in [-0.4, -0.2) is 77.9 Å². The molecule has 3 atom stereocenters. The van der Waals surface area contributed by atoms with Crippen molar-refractivity contribution in [2.45, 2.75) is 31.2 Å². The van der Waals surface area contributed by atoms with Gasteiger partial charge in [0.1, 0.15) is 0 Å². The number of benzene rings is 1. The van der Waals surface area contributed by atoms with Crippen LogP contribution in [0.15, 0.2) is 30.3 Å². The Labute approximate surface area is 147 Å². The Balaban J connectivity index is 1.72. The lowest BCUT2D eigenvalue weighted by molar-refractivity contribution is -0.172. The molecule has 7 heteroatoms. The molecule has 25 heavy (non-hydrogen) atoms. The van der Waals surface area contributed by atoms with Gasteiger partial charge in [-0.3, -0.25) is 9.69 Å². The molecule has 3 rings (SSSR count). The van der Waals surface area contributed by atoms with Gasteiger partial charge < -0.3 is 19.5 Å². The molecule has 2 fully saturated rings. The summed E-state index contributed by atoms with van der Waals surface area (Å²) in [5.41, 5.74) is -0.655. The molecule has 1 aromatic rings.